The molecule has 198 valence electrons. The molecule has 0 spiro atoms. The smallest absolute Gasteiger partial charge is 0.160 e. The van der Waals surface area contributed by atoms with Crippen molar-refractivity contribution in [3.05, 3.63) is 168 Å². The fourth-order valence-electron chi connectivity index (χ4n) is 5.45. The number of hydrogen-bond acceptors (Lipinski definition) is 4. The summed E-state index contributed by atoms with van der Waals surface area (Å²) in [6.45, 7) is 0. The van der Waals surface area contributed by atoms with Crippen LogP contribution in [0.2, 0.25) is 0 Å². The Bertz CT molecular complexity index is 1980. The second-order valence-electron chi connectivity index (χ2n) is 10.2. The Morgan fingerprint density at radius 1 is 0.524 bits per heavy atom. The van der Waals surface area contributed by atoms with Gasteiger partial charge in [-0.15, -0.1) is 0 Å². The fourth-order valence-corrected chi connectivity index (χ4v) is 5.45. The van der Waals surface area contributed by atoms with Gasteiger partial charge in [0, 0.05) is 11.1 Å². The summed E-state index contributed by atoms with van der Waals surface area (Å²) in [5.41, 5.74) is 8.26. The highest BCUT2D eigenvalue weighted by Gasteiger charge is 2.22. The monoisotopic (exact) mass is 538 g/mol. The van der Waals surface area contributed by atoms with E-state index in [4.69, 9.17) is 15.2 Å². The molecule has 0 bridgehead atoms. The number of benzene rings is 6. The molecule has 0 aromatic heterocycles. The topological polar surface area (TPSA) is 60.5 Å². The molecular weight excluding hydrogens is 512 g/mol. The van der Waals surface area contributed by atoms with Crippen molar-refractivity contribution in [2.75, 3.05) is 0 Å². The minimum Gasteiger partial charge on any atom is -0.344 e. The molecule has 0 fully saturated rings. The van der Waals surface area contributed by atoms with E-state index in [1.807, 2.05) is 60.7 Å². The molecule has 6 aromatic carbocycles. The molecular formula is C38H26N4. The average molecular weight is 539 g/mol. The van der Waals surface area contributed by atoms with E-state index < -0.39 is 0 Å². The first kappa shape index (κ1) is 25.2. The van der Waals surface area contributed by atoms with Gasteiger partial charge in [-0.3, -0.25) is 0 Å². The molecule has 0 amide bonds. The first-order valence-electron chi connectivity index (χ1n) is 13.9. The summed E-state index contributed by atoms with van der Waals surface area (Å²) in [5.74, 6) is 1.52. The van der Waals surface area contributed by atoms with Crippen LogP contribution in [0.1, 0.15) is 28.4 Å². The van der Waals surface area contributed by atoms with Gasteiger partial charge in [-0.2, -0.15) is 5.26 Å². The highest BCUT2D eigenvalue weighted by atomic mass is 15.2. The molecule has 6 aromatic rings. The van der Waals surface area contributed by atoms with Crippen LogP contribution in [0.15, 0.2) is 156 Å². The second-order valence-corrected chi connectivity index (χ2v) is 10.2. The third-order valence-corrected chi connectivity index (χ3v) is 7.61. The van der Waals surface area contributed by atoms with Gasteiger partial charge in [0.05, 0.1) is 11.6 Å². The highest BCUT2D eigenvalue weighted by Crippen LogP contribution is 2.33. The van der Waals surface area contributed by atoms with E-state index >= 15 is 0 Å². The summed E-state index contributed by atoms with van der Waals surface area (Å²) in [4.78, 5) is 10.1. The maximum absolute atomic E-state index is 9.11. The van der Waals surface area contributed by atoms with Crippen LogP contribution in [0.3, 0.4) is 0 Å². The molecule has 1 atom stereocenters. The zero-order valence-electron chi connectivity index (χ0n) is 22.8. The molecule has 1 aliphatic rings. The number of hydrogen-bond donors (Lipinski definition) is 1. The maximum Gasteiger partial charge on any atom is 0.160 e. The lowest BCUT2D eigenvalue weighted by molar-refractivity contribution is 0.674. The van der Waals surface area contributed by atoms with E-state index in [1.54, 1.807) is 0 Å². The van der Waals surface area contributed by atoms with Crippen LogP contribution < -0.4 is 5.32 Å². The van der Waals surface area contributed by atoms with Gasteiger partial charge in [0.25, 0.3) is 0 Å². The Balaban J connectivity index is 1.31. The lowest BCUT2D eigenvalue weighted by atomic mass is 9.94. The van der Waals surface area contributed by atoms with Crippen molar-refractivity contribution in [3.8, 4) is 28.3 Å². The van der Waals surface area contributed by atoms with Crippen molar-refractivity contribution in [2.45, 2.75) is 6.17 Å². The van der Waals surface area contributed by atoms with Crippen LogP contribution in [-0.2, 0) is 0 Å². The molecule has 0 saturated heterocycles. The van der Waals surface area contributed by atoms with E-state index in [9.17, 15) is 0 Å². The van der Waals surface area contributed by atoms with Crippen LogP contribution in [0.25, 0.3) is 33.0 Å². The molecule has 42 heavy (non-hydrogen) atoms. The van der Waals surface area contributed by atoms with Crippen molar-refractivity contribution < 1.29 is 0 Å². The summed E-state index contributed by atoms with van der Waals surface area (Å²) in [5, 5.41) is 14.9. The second kappa shape index (κ2) is 11.0. The Morgan fingerprint density at radius 3 is 1.76 bits per heavy atom. The lowest BCUT2D eigenvalue weighted by Crippen LogP contribution is -2.33. The van der Waals surface area contributed by atoms with Gasteiger partial charge in [-0.05, 0) is 50.7 Å². The number of aliphatic imine (C=N–C) groups is 2. The number of fused-ring (bicyclic) bond motifs is 1. The van der Waals surface area contributed by atoms with E-state index in [0.29, 0.717) is 11.4 Å². The zero-order valence-corrected chi connectivity index (χ0v) is 22.8. The summed E-state index contributed by atoms with van der Waals surface area (Å²) in [7, 11) is 0. The zero-order chi connectivity index (χ0) is 28.3. The third kappa shape index (κ3) is 4.85. The summed E-state index contributed by atoms with van der Waals surface area (Å²) in [6.07, 6.45) is -0.248. The largest absolute Gasteiger partial charge is 0.344 e. The van der Waals surface area contributed by atoms with E-state index in [-0.39, 0.29) is 6.17 Å². The number of nitrogens with zero attached hydrogens (tertiary/aromatic N) is 3. The molecule has 4 heteroatoms. The molecule has 7 rings (SSSR count). The number of amidine groups is 2. The van der Waals surface area contributed by atoms with Gasteiger partial charge >= 0.3 is 0 Å². The molecule has 1 N–H and O–H groups in total. The van der Waals surface area contributed by atoms with Crippen molar-refractivity contribution in [2.24, 2.45) is 9.98 Å². The summed E-state index contributed by atoms with van der Waals surface area (Å²) < 4.78 is 0. The Kier molecular flexibility index (Phi) is 6.60. The van der Waals surface area contributed by atoms with Gasteiger partial charge in [-0.1, -0.05) is 133 Å². The molecule has 1 aliphatic heterocycles. The molecule has 0 aliphatic carbocycles. The predicted octanol–water partition coefficient (Wildman–Crippen LogP) is 8.54. The van der Waals surface area contributed by atoms with Crippen LogP contribution in [0.5, 0.6) is 0 Å². The first-order valence-corrected chi connectivity index (χ1v) is 13.9. The van der Waals surface area contributed by atoms with Crippen molar-refractivity contribution in [1.29, 1.82) is 5.26 Å². The van der Waals surface area contributed by atoms with Crippen LogP contribution >= 0.6 is 0 Å². The van der Waals surface area contributed by atoms with Crippen molar-refractivity contribution in [1.82, 2.24) is 5.32 Å². The molecule has 0 radical (unpaired) electrons. The van der Waals surface area contributed by atoms with Gasteiger partial charge in [0.15, 0.2) is 5.84 Å². The van der Waals surface area contributed by atoms with Crippen LogP contribution in [0.4, 0.5) is 0 Å². The Labute approximate surface area is 245 Å². The van der Waals surface area contributed by atoms with Crippen LogP contribution in [-0.4, -0.2) is 11.7 Å². The van der Waals surface area contributed by atoms with Gasteiger partial charge < -0.3 is 5.32 Å². The number of nitrogens with one attached hydrogen (secondary N) is 1. The normalized spacial score (nSPS) is 14.4. The molecule has 0 saturated carbocycles. The van der Waals surface area contributed by atoms with E-state index in [2.05, 4.69) is 96.3 Å². The Hall–Kier alpha value is -5.79. The maximum atomic E-state index is 9.11. The van der Waals surface area contributed by atoms with Gasteiger partial charge in [-0.25, -0.2) is 9.98 Å². The summed E-state index contributed by atoms with van der Waals surface area (Å²) in [6, 6.07) is 51.7. The summed E-state index contributed by atoms with van der Waals surface area (Å²) >= 11 is 0. The molecule has 1 heterocycles. The Morgan fingerprint density at radius 2 is 1.10 bits per heavy atom. The van der Waals surface area contributed by atoms with E-state index in [0.717, 1.165) is 55.6 Å². The minimum atomic E-state index is -0.248. The van der Waals surface area contributed by atoms with Gasteiger partial charge in [0.2, 0.25) is 0 Å². The van der Waals surface area contributed by atoms with E-state index in [1.165, 1.54) is 0 Å². The lowest BCUT2D eigenvalue weighted by Gasteiger charge is -2.24. The third-order valence-electron chi connectivity index (χ3n) is 7.61. The molecule has 1 unspecified atom stereocenters. The van der Waals surface area contributed by atoms with Crippen molar-refractivity contribution in [3.63, 3.8) is 0 Å². The van der Waals surface area contributed by atoms with Crippen LogP contribution in [0, 0.1) is 11.3 Å². The quantitative estimate of drug-likeness (QED) is 0.239. The highest BCUT2D eigenvalue weighted by molar-refractivity contribution is 6.18. The van der Waals surface area contributed by atoms with Gasteiger partial charge in [0.1, 0.15) is 12.0 Å². The molecule has 4 nitrogen and oxygen atoms in total. The SMILES string of the molecule is N#Cc1ccc(-c2ccc(-c3cccc4c(C5=NC(c6ccccc6)NC(c6ccccc6)=N5)cccc34)cc2)cc1. The number of rotatable bonds is 5. The number of nitriles is 1. The predicted molar refractivity (Wildman–Crippen MR) is 171 cm³/mol. The first-order chi connectivity index (χ1) is 20.8. The minimum absolute atomic E-state index is 0.248. The van der Waals surface area contributed by atoms with Crippen molar-refractivity contribution >= 4 is 22.4 Å². The standard InChI is InChI=1S/C38H26N4/c39-25-26-17-19-27(20-18-26)28-21-23-29(24-22-28)32-13-7-15-34-33(32)14-8-16-35(34)38-41-36(30-9-3-1-4-10-30)40-37(42-38)31-11-5-2-6-12-31/h1-24,36H,(H,40,41,42). The average Bonchev–Trinajstić information content (AvgIpc) is 3.08. The fraction of sp³-hybridized carbons (Fsp3) is 0.0263.